The van der Waals surface area contributed by atoms with Gasteiger partial charge in [0, 0.05) is 17.4 Å². The summed E-state index contributed by atoms with van der Waals surface area (Å²) in [6.45, 7) is 0. The number of carbonyl (C=O) groups is 2. The number of nitrogens with zero attached hydrogens (tertiary/aromatic N) is 1. The SMILES string of the molecule is COc1ccccc1C(=O)Nc1ccc(C(=O)Nc2cccnc2)cc1. The Balaban J connectivity index is 1.68. The zero-order chi connectivity index (χ0) is 18.4. The molecule has 26 heavy (non-hydrogen) atoms. The number of carbonyl (C=O) groups excluding carboxylic acids is 2. The predicted octanol–water partition coefficient (Wildman–Crippen LogP) is 3.59. The van der Waals surface area contributed by atoms with E-state index in [9.17, 15) is 9.59 Å². The summed E-state index contributed by atoms with van der Waals surface area (Å²) in [6.07, 6.45) is 3.20. The fraction of sp³-hybridized carbons (Fsp3) is 0.0500. The maximum Gasteiger partial charge on any atom is 0.259 e. The van der Waals surface area contributed by atoms with Gasteiger partial charge in [-0.2, -0.15) is 0 Å². The maximum absolute atomic E-state index is 12.4. The second-order valence-corrected chi connectivity index (χ2v) is 5.43. The molecule has 0 saturated heterocycles. The van der Waals surface area contributed by atoms with Crippen molar-refractivity contribution in [2.75, 3.05) is 17.7 Å². The fourth-order valence-corrected chi connectivity index (χ4v) is 2.38. The number of methoxy groups -OCH3 is 1. The molecule has 3 aromatic rings. The molecule has 0 atom stereocenters. The molecule has 0 aliphatic carbocycles. The van der Waals surface area contributed by atoms with E-state index in [4.69, 9.17) is 4.74 Å². The van der Waals surface area contributed by atoms with Gasteiger partial charge in [0.05, 0.1) is 24.6 Å². The molecular weight excluding hydrogens is 330 g/mol. The van der Waals surface area contributed by atoms with Gasteiger partial charge in [-0.15, -0.1) is 0 Å². The smallest absolute Gasteiger partial charge is 0.259 e. The Morgan fingerprint density at radius 1 is 0.846 bits per heavy atom. The van der Waals surface area contributed by atoms with Crippen LogP contribution in [0.25, 0.3) is 0 Å². The van der Waals surface area contributed by atoms with Crippen LogP contribution in [0.2, 0.25) is 0 Å². The first-order valence-electron chi connectivity index (χ1n) is 7.93. The first kappa shape index (κ1) is 17.2. The normalized spacial score (nSPS) is 10.0. The summed E-state index contributed by atoms with van der Waals surface area (Å²) < 4.78 is 5.19. The summed E-state index contributed by atoms with van der Waals surface area (Å²) in [5.74, 6) is -0.0342. The summed E-state index contributed by atoms with van der Waals surface area (Å²) in [6, 6.07) is 17.1. The molecule has 0 bridgehead atoms. The standard InChI is InChI=1S/C20H17N3O3/c1-26-18-7-3-2-6-17(18)20(25)22-15-10-8-14(9-11-15)19(24)23-16-5-4-12-21-13-16/h2-13H,1H3,(H,22,25)(H,23,24). The highest BCUT2D eigenvalue weighted by molar-refractivity contribution is 6.07. The lowest BCUT2D eigenvalue weighted by atomic mass is 10.1. The summed E-state index contributed by atoms with van der Waals surface area (Å²) in [5, 5.41) is 5.54. The first-order chi connectivity index (χ1) is 12.7. The number of para-hydroxylation sites is 1. The van der Waals surface area contributed by atoms with Crippen molar-refractivity contribution in [1.29, 1.82) is 0 Å². The molecule has 0 fully saturated rings. The number of rotatable bonds is 5. The van der Waals surface area contributed by atoms with Gasteiger partial charge in [-0.25, -0.2) is 0 Å². The van der Waals surface area contributed by atoms with E-state index in [2.05, 4.69) is 15.6 Å². The maximum atomic E-state index is 12.4. The number of ether oxygens (including phenoxy) is 1. The molecule has 1 aromatic heterocycles. The second kappa shape index (κ2) is 7.94. The number of aromatic nitrogens is 1. The van der Waals surface area contributed by atoms with Gasteiger partial charge in [-0.3, -0.25) is 14.6 Å². The van der Waals surface area contributed by atoms with Crippen molar-refractivity contribution in [1.82, 2.24) is 4.98 Å². The number of benzene rings is 2. The highest BCUT2D eigenvalue weighted by atomic mass is 16.5. The summed E-state index contributed by atoms with van der Waals surface area (Å²) in [5.41, 5.74) is 2.11. The van der Waals surface area contributed by atoms with E-state index in [-0.39, 0.29) is 11.8 Å². The van der Waals surface area contributed by atoms with E-state index in [0.29, 0.717) is 28.3 Å². The molecule has 0 spiro atoms. The average molecular weight is 347 g/mol. The minimum atomic E-state index is -0.282. The third-order valence-corrected chi connectivity index (χ3v) is 3.68. The van der Waals surface area contributed by atoms with Crippen molar-refractivity contribution < 1.29 is 14.3 Å². The molecule has 2 aromatic carbocycles. The largest absolute Gasteiger partial charge is 0.496 e. The van der Waals surface area contributed by atoms with Crippen LogP contribution < -0.4 is 15.4 Å². The highest BCUT2D eigenvalue weighted by Crippen LogP contribution is 2.19. The van der Waals surface area contributed by atoms with Crippen LogP contribution in [0.4, 0.5) is 11.4 Å². The number of amides is 2. The molecular formula is C20H17N3O3. The topological polar surface area (TPSA) is 80.3 Å². The molecule has 0 aliphatic heterocycles. The van der Waals surface area contributed by atoms with Crippen LogP contribution in [0.15, 0.2) is 73.1 Å². The van der Waals surface area contributed by atoms with Crippen LogP contribution in [0.3, 0.4) is 0 Å². The van der Waals surface area contributed by atoms with E-state index in [1.54, 1.807) is 73.1 Å². The number of hydrogen-bond acceptors (Lipinski definition) is 4. The van der Waals surface area contributed by atoms with Crippen LogP contribution in [-0.2, 0) is 0 Å². The predicted molar refractivity (Wildman–Crippen MR) is 99.6 cm³/mol. The van der Waals surface area contributed by atoms with Crippen LogP contribution in [-0.4, -0.2) is 23.9 Å². The molecule has 0 unspecified atom stereocenters. The quantitative estimate of drug-likeness (QED) is 0.739. The van der Waals surface area contributed by atoms with E-state index in [0.717, 1.165) is 0 Å². The zero-order valence-electron chi connectivity index (χ0n) is 14.1. The monoisotopic (exact) mass is 347 g/mol. The Bertz CT molecular complexity index is 909. The molecule has 6 nitrogen and oxygen atoms in total. The third kappa shape index (κ3) is 4.05. The van der Waals surface area contributed by atoms with Gasteiger partial charge in [0.2, 0.25) is 0 Å². The summed E-state index contributed by atoms with van der Waals surface area (Å²) >= 11 is 0. The van der Waals surface area contributed by atoms with Gasteiger partial charge < -0.3 is 15.4 Å². The summed E-state index contributed by atoms with van der Waals surface area (Å²) in [7, 11) is 1.52. The van der Waals surface area contributed by atoms with Gasteiger partial charge in [-0.1, -0.05) is 12.1 Å². The van der Waals surface area contributed by atoms with Gasteiger partial charge in [-0.05, 0) is 48.5 Å². The molecule has 6 heteroatoms. The third-order valence-electron chi connectivity index (χ3n) is 3.68. The van der Waals surface area contributed by atoms with E-state index in [1.165, 1.54) is 7.11 Å². The number of hydrogen-bond donors (Lipinski definition) is 2. The molecule has 1 heterocycles. The Labute approximate surface area is 150 Å². The average Bonchev–Trinajstić information content (AvgIpc) is 2.69. The van der Waals surface area contributed by atoms with Crippen LogP contribution in [0.5, 0.6) is 5.75 Å². The molecule has 0 saturated carbocycles. The Morgan fingerprint density at radius 3 is 2.27 bits per heavy atom. The van der Waals surface area contributed by atoms with Crippen molar-refractivity contribution in [3.8, 4) is 5.75 Å². The zero-order valence-corrected chi connectivity index (χ0v) is 14.1. The lowest BCUT2D eigenvalue weighted by molar-refractivity contribution is 0.101. The lowest BCUT2D eigenvalue weighted by Crippen LogP contribution is -2.14. The van der Waals surface area contributed by atoms with Crippen LogP contribution >= 0.6 is 0 Å². The second-order valence-electron chi connectivity index (χ2n) is 5.43. The number of nitrogens with one attached hydrogen (secondary N) is 2. The Morgan fingerprint density at radius 2 is 1.58 bits per heavy atom. The lowest BCUT2D eigenvalue weighted by Gasteiger charge is -2.10. The van der Waals surface area contributed by atoms with Gasteiger partial charge in [0.1, 0.15) is 5.75 Å². The fourth-order valence-electron chi connectivity index (χ4n) is 2.38. The Hall–Kier alpha value is -3.67. The molecule has 0 aliphatic rings. The molecule has 2 amide bonds. The molecule has 130 valence electrons. The van der Waals surface area contributed by atoms with Gasteiger partial charge in [0.25, 0.3) is 11.8 Å². The van der Waals surface area contributed by atoms with Crippen LogP contribution in [0, 0.1) is 0 Å². The number of anilines is 2. The van der Waals surface area contributed by atoms with Crippen molar-refractivity contribution >= 4 is 23.2 Å². The van der Waals surface area contributed by atoms with Gasteiger partial charge in [0.15, 0.2) is 0 Å². The summed E-state index contributed by atoms with van der Waals surface area (Å²) in [4.78, 5) is 28.5. The highest BCUT2D eigenvalue weighted by Gasteiger charge is 2.12. The van der Waals surface area contributed by atoms with E-state index in [1.807, 2.05) is 0 Å². The van der Waals surface area contributed by atoms with Crippen molar-refractivity contribution in [3.05, 3.63) is 84.2 Å². The van der Waals surface area contributed by atoms with Crippen LogP contribution in [0.1, 0.15) is 20.7 Å². The minimum absolute atomic E-state index is 0.249. The van der Waals surface area contributed by atoms with Crippen molar-refractivity contribution in [2.24, 2.45) is 0 Å². The van der Waals surface area contributed by atoms with E-state index < -0.39 is 0 Å². The van der Waals surface area contributed by atoms with Gasteiger partial charge >= 0.3 is 0 Å². The molecule has 0 radical (unpaired) electrons. The first-order valence-corrected chi connectivity index (χ1v) is 7.93. The molecule has 3 rings (SSSR count). The minimum Gasteiger partial charge on any atom is -0.496 e. The van der Waals surface area contributed by atoms with Crippen molar-refractivity contribution in [3.63, 3.8) is 0 Å². The number of pyridine rings is 1. The molecule has 2 N–H and O–H groups in total. The Kier molecular flexibility index (Phi) is 5.24. The van der Waals surface area contributed by atoms with Crippen molar-refractivity contribution in [2.45, 2.75) is 0 Å². The van der Waals surface area contributed by atoms with E-state index >= 15 is 0 Å².